The maximum Gasteiger partial charge on any atom is 0.258 e. The van der Waals surface area contributed by atoms with Crippen molar-refractivity contribution in [2.45, 2.75) is 26.2 Å². The molecule has 0 radical (unpaired) electrons. The van der Waals surface area contributed by atoms with Crippen molar-refractivity contribution in [2.75, 3.05) is 11.4 Å². The maximum absolute atomic E-state index is 13.2. The van der Waals surface area contributed by atoms with Crippen LogP contribution in [0.15, 0.2) is 42.5 Å². The van der Waals surface area contributed by atoms with Crippen molar-refractivity contribution in [3.8, 4) is 0 Å². The number of fused-ring (bicyclic) bond motifs is 1. The molecule has 1 amide bonds. The highest BCUT2D eigenvalue weighted by Crippen LogP contribution is 2.28. The Kier molecular flexibility index (Phi) is 3.74. The lowest BCUT2D eigenvalue weighted by atomic mass is 10.1. The number of rotatable bonds is 1. The molecular formula is C18H18FNO. The fraction of sp³-hybridized carbons (Fsp3) is 0.278. The van der Waals surface area contributed by atoms with Crippen molar-refractivity contribution in [1.82, 2.24) is 0 Å². The monoisotopic (exact) mass is 283 g/mol. The molecular weight excluding hydrogens is 265 g/mol. The Balaban J connectivity index is 2.01. The molecule has 0 aromatic heterocycles. The number of carbonyl (C=O) groups excluding carboxylic acids is 1. The molecule has 1 heterocycles. The normalized spacial score (nSPS) is 14.5. The average molecular weight is 283 g/mol. The van der Waals surface area contributed by atoms with E-state index in [1.807, 2.05) is 23.1 Å². The predicted octanol–water partition coefficient (Wildman–Crippen LogP) is 4.12. The van der Waals surface area contributed by atoms with Crippen LogP contribution in [0.3, 0.4) is 0 Å². The quantitative estimate of drug-likeness (QED) is 0.771. The van der Waals surface area contributed by atoms with Crippen LogP contribution in [-0.4, -0.2) is 12.5 Å². The first-order valence-corrected chi connectivity index (χ1v) is 7.33. The Morgan fingerprint density at radius 2 is 1.95 bits per heavy atom. The fourth-order valence-corrected chi connectivity index (χ4v) is 2.91. The van der Waals surface area contributed by atoms with Crippen LogP contribution in [0.4, 0.5) is 10.1 Å². The molecule has 21 heavy (non-hydrogen) atoms. The summed E-state index contributed by atoms with van der Waals surface area (Å²) in [5.41, 5.74) is 3.46. The first kappa shape index (κ1) is 13.8. The number of halogens is 1. The summed E-state index contributed by atoms with van der Waals surface area (Å²) in [4.78, 5) is 14.7. The number of para-hydroxylation sites is 1. The SMILES string of the molecule is Cc1cc(F)ccc1C(=O)N1CCCCc2ccccc21. The third kappa shape index (κ3) is 2.68. The van der Waals surface area contributed by atoms with E-state index in [0.29, 0.717) is 17.7 Å². The summed E-state index contributed by atoms with van der Waals surface area (Å²) >= 11 is 0. The van der Waals surface area contributed by atoms with Gasteiger partial charge in [-0.15, -0.1) is 0 Å². The molecule has 1 aliphatic heterocycles. The first-order valence-electron chi connectivity index (χ1n) is 7.33. The van der Waals surface area contributed by atoms with Crippen molar-refractivity contribution in [1.29, 1.82) is 0 Å². The van der Waals surface area contributed by atoms with Crippen molar-refractivity contribution in [3.05, 3.63) is 65.0 Å². The molecule has 3 rings (SSSR count). The van der Waals surface area contributed by atoms with Gasteiger partial charge in [-0.05, 0) is 61.6 Å². The zero-order chi connectivity index (χ0) is 14.8. The van der Waals surface area contributed by atoms with Crippen molar-refractivity contribution in [2.24, 2.45) is 0 Å². The topological polar surface area (TPSA) is 20.3 Å². The van der Waals surface area contributed by atoms with Crippen molar-refractivity contribution < 1.29 is 9.18 Å². The van der Waals surface area contributed by atoms with Crippen LogP contribution in [0.25, 0.3) is 0 Å². The highest BCUT2D eigenvalue weighted by atomic mass is 19.1. The minimum absolute atomic E-state index is 0.0400. The van der Waals surface area contributed by atoms with Gasteiger partial charge in [-0.2, -0.15) is 0 Å². The number of nitrogens with zero attached hydrogens (tertiary/aromatic N) is 1. The number of hydrogen-bond donors (Lipinski definition) is 0. The minimum Gasteiger partial charge on any atom is -0.308 e. The van der Waals surface area contributed by atoms with Gasteiger partial charge in [0.25, 0.3) is 5.91 Å². The van der Waals surface area contributed by atoms with Gasteiger partial charge >= 0.3 is 0 Å². The summed E-state index contributed by atoms with van der Waals surface area (Å²) in [6.07, 6.45) is 3.08. The molecule has 1 aliphatic rings. The van der Waals surface area contributed by atoms with Crippen LogP contribution >= 0.6 is 0 Å². The molecule has 2 nitrogen and oxygen atoms in total. The Bertz CT molecular complexity index is 681. The predicted molar refractivity (Wildman–Crippen MR) is 82.2 cm³/mol. The largest absolute Gasteiger partial charge is 0.308 e. The average Bonchev–Trinajstić information content (AvgIpc) is 2.69. The number of amides is 1. The Morgan fingerprint density at radius 1 is 1.14 bits per heavy atom. The zero-order valence-electron chi connectivity index (χ0n) is 12.1. The fourth-order valence-electron chi connectivity index (χ4n) is 2.91. The van der Waals surface area contributed by atoms with Gasteiger partial charge in [-0.1, -0.05) is 18.2 Å². The Hall–Kier alpha value is -2.16. The van der Waals surface area contributed by atoms with Crippen LogP contribution in [-0.2, 0) is 6.42 Å². The first-order chi connectivity index (χ1) is 10.2. The maximum atomic E-state index is 13.2. The second-order valence-corrected chi connectivity index (χ2v) is 5.50. The number of aryl methyl sites for hydroxylation is 2. The van der Waals surface area contributed by atoms with Gasteiger partial charge in [0.2, 0.25) is 0 Å². The standard InChI is InChI=1S/C18H18FNO/c1-13-12-15(19)9-10-16(13)18(21)20-11-5-4-7-14-6-2-3-8-17(14)20/h2-3,6,8-10,12H,4-5,7,11H2,1H3. The molecule has 0 aliphatic carbocycles. The summed E-state index contributed by atoms with van der Waals surface area (Å²) in [5, 5.41) is 0. The number of carbonyl (C=O) groups is 1. The van der Waals surface area contributed by atoms with Crippen LogP contribution in [0, 0.1) is 12.7 Å². The molecule has 0 N–H and O–H groups in total. The highest BCUT2D eigenvalue weighted by Gasteiger charge is 2.23. The Morgan fingerprint density at radius 3 is 2.76 bits per heavy atom. The van der Waals surface area contributed by atoms with E-state index >= 15 is 0 Å². The highest BCUT2D eigenvalue weighted by molar-refractivity contribution is 6.07. The summed E-state index contributed by atoms with van der Waals surface area (Å²) in [6, 6.07) is 12.4. The van der Waals surface area contributed by atoms with Gasteiger partial charge in [-0.25, -0.2) is 4.39 Å². The van der Waals surface area contributed by atoms with E-state index < -0.39 is 0 Å². The molecule has 0 spiro atoms. The summed E-state index contributed by atoms with van der Waals surface area (Å²) in [7, 11) is 0. The third-order valence-corrected chi connectivity index (χ3v) is 4.02. The third-order valence-electron chi connectivity index (χ3n) is 4.02. The van der Waals surface area contributed by atoms with Crippen molar-refractivity contribution >= 4 is 11.6 Å². The lowest BCUT2D eigenvalue weighted by Crippen LogP contribution is -2.32. The van der Waals surface area contributed by atoms with Crippen LogP contribution < -0.4 is 4.90 Å². The van der Waals surface area contributed by atoms with E-state index in [-0.39, 0.29) is 11.7 Å². The number of hydrogen-bond acceptors (Lipinski definition) is 1. The van der Waals surface area contributed by atoms with Gasteiger partial charge < -0.3 is 4.90 Å². The van der Waals surface area contributed by atoms with E-state index in [4.69, 9.17) is 0 Å². The molecule has 2 aromatic rings. The smallest absolute Gasteiger partial charge is 0.258 e. The molecule has 0 unspecified atom stereocenters. The molecule has 2 aromatic carbocycles. The number of benzene rings is 2. The van der Waals surface area contributed by atoms with E-state index in [1.54, 1.807) is 13.0 Å². The van der Waals surface area contributed by atoms with E-state index in [9.17, 15) is 9.18 Å². The molecule has 108 valence electrons. The zero-order valence-corrected chi connectivity index (χ0v) is 12.1. The molecule has 0 saturated heterocycles. The van der Waals surface area contributed by atoms with E-state index in [0.717, 1.165) is 24.9 Å². The molecule has 0 atom stereocenters. The lowest BCUT2D eigenvalue weighted by molar-refractivity contribution is 0.0986. The molecule has 0 saturated carbocycles. The lowest BCUT2D eigenvalue weighted by Gasteiger charge is -2.23. The molecule has 0 fully saturated rings. The van der Waals surface area contributed by atoms with Crippen LogP contribution in [0.5, 0.6) is 0 Å². The molecule has 3 heteroatoms. The van der Waals surface area contributed by atoms with Crippen LogP contribution in [0.2, 0.25) is 0 Å². The van der Waals surface area contributed by atoms with Gasteiger partial charge in [0.15, 0.2) is 0 Å². The number of anilines is 1. The van der Waals surface area contributed by atoms with Crippen molar-refractivity contribution in [3.63, 3.8) is 0 Å². The summed E-state index contributed by atoms with van der Waals surface area (Å²) in [6.45, 7) is 2.49. The second-order valence-electron chi connectivity index (χ2n) is 5.50. The second kappa shape index (κ2) is 5.68. The van der Waals surface area contributed by atoms with E-state index in [2.05, 4.69) is 6.07 Å². The van der Waals surface area contributed by atoms with Gasteiger partial charge in [0.05, 0.1) is 0 Å². The van der Waals surface area contributed by atoms with Crippen LogP contribution in [0.1, 0.15) is 34.3 Å². The minimum atomic E-state index is -0.305. The van der Waals surface area contributed by atoms with E-state index in [1.165, 1.54) is 17.7 Å². The van der Waals surface area contributed by atoms with Gasteiger partial charge in [-0.3, -0.25) is 4.79 Å². The molecule has 0 bridgehead atoms. The summed E-state index contributed by atoms with van der Waals surface area (Å²) < 4.78 is 13.2. The van der Waals surface area contributed by atoms with Gasteiger partial charge in [0, 0.05) is 17.8 Å². The summed E-state index contributed by atoms with van der Waals surface area (Å²) in [5.74, 6) is -0.345. The Labute approximate surface area is 124 Å². The van der Waals surface area contributed by atoms with Gasteiger partial charge in [0.1, 0.15) is 5.82 Å².